The Hall–Kier alpha value is -2.15. The van der Waals surface area contributed by atoms with E-state index in [4.69, 9.17) is 5.26 Å². The Balaban J connectivity index is 2.06. The zero-order valence-corrected chi connectivity index (χ0v) is 11.9. The Bertz CT molecular complexity index is 563. The highest BCUT2D eigenvalue weighted by molar-refractivity contribution is 5.21. The van der Waals surface area contributed by atoms with Gasteiger partial charge >= 0.3 is 0 Å². The molecule has 108 valence electrons. The molecule has 3 heteroatoms. The lowest BCUT2D eigenvalue weighted by Crippen LogP contribution is -2.37. The van der Waals surface area contributed by atoms with E-state index in [1.807, 2.05) is 60.7 Å². The Morgan fingerprint density at radius 1 is 1.00 bits per heavy atom. The van der Waals surface area contributed by atoms with Crippen LogP contribution >= 0.6 is 0 Å². The first kappa shape index (κ1) is 15.2. The molecule has 0 aliphatic heterocycles. The van der Waals surface area contributed by atoms with Crippen LogP contribution in [0.5, 0.6) is 0 Å². The maximum absolute atomic E-state index is 9.61. The molecule has 2 aromatic rings. The second-order valence-electron chi connectivity index (χ2n) is 5.06. The summed E-state index contributed by atoms with van der Waals surface area (Å²) >= 11 is 0. The highest BCUT2D eigenvalue weighted by atomic mass is 16.3. The van der Waals surface area contributed by atoms with Crippen LogP contribution in [0.1, 0.15) is 23.6 Å². The summed E-state index contributed by atoms with van der Waals surface area (Å²) < 4.78 is 0. The summed E-state index contributed by atoms with van der Waals surface area (Å²) in [5, 5.41) is 22.0. The number of nitrogens with one attached hydrogen (secondary N) is 1. The first-order valence-electron chi connectivity index (χ1n) is 7.16. The van der Waals surface area contributed by atoms with Gasteiger partial charge in [-0.15, -0.1) is 0 Å². The molecule has 0 bridgehead atoms. The fourth-order valence-corrected chi connectivity index (χ4v) is 2.41. The molecule has 0 saturated carbocycles. The van der Waals surface area contributed by atoms with Crippen molar-refractivity contribution in [2.45, 2.75) is 24.9 Å². The standard InChI is InChI=1S/C18H20N2O/c19-12-11-18(16-9-5-2-6-10-16)20-17(14-21)13-15-7-3-1-4-8-15/h1-10,17-18,20-21H,11,13-14H2. The fourth-order valence-electron chi connectivity index (χ4n) is 2.41. The van der Waals surface area contributed by atoms with Gasteiger partial charge < -0.3 is 10.4 Å². The fraction of sp³-hybridized carbons (Fsp3) is 0.278. The molecule has 0 aromatic heterocycles. The van der Waals surface area contributed by atoms with Crippen LogP contribution in [-0.2, 0) is 6.42 Å². The molecule has 0 aliphatic rings. The second-order valence-corrected chi connectivity index (χ2v) is 5.06. The van der Waals surface area contributed by atoms with Gasteiger partial charge in [-0.1, -0.05) is 60.7 Å². The van der Waals surface area contributed by atoms with Crippen LogP contribution in [0, 0.1) is 11.3 Å². The van der Waals surface area contributed by atoms with E-state index in [9.17, 15) is 5.11 Å². The lowest BCUT2D eigenvalue weighted by Gasteiger charge is -2.23. The smallest absolute Gasteiger partial charge is 0.0641 e. The molecule has 2 unspecified atom stereocenters. The zero-order chi connectivity index (χ0) is 14.9. The summed E-state index contributed by atoms with van der Waals surface area (Å²) in [6.07, 6.45) is 1.13. The minimum Gasteiger partial charge on any atom is -0.395 e. The summed E-state index contributed by atoms with van der Waals surface area (Å²) in [5.74, 6) is 0. The molecular weight excluding hydrogens is 260 g/mol. The van der Waals surface area contributed by atoms with E-state index in [2.05, 4.69) is 11.4 Å². The predicted octanol–water partition coefficient (Wildman–Crippen LogP) is 2.83. The van der Waals surface area contributed by atoms with Gasteiger partial charge in [0.05, 0.1) is 19.1 Å². The number of hydrogen-bond acceptors (Lipinski definition) is 3. The van der Waals surface area contributed by atoms with Gasteiger partial charge in [-0.05, 0) is 17.5 Å². The molecule has 0 spiro atoms. The molecule has 0 fully saturated rings. The van der Waals surface area contributed by atoms with E-state index in [1.165, 1.54) is 5.56 Å². The van der Waals surface area contributed by atoms with E-state index in [0.29, 0.717) is 6.42 Å². The van der Waals surface area contributed by atoms with E-state index in [0.717, 1.165) is 12.0 Å². The second kappa shape index (κ2) is 8.21. The van der Waals surface area contributed by atoms with Crippen LogP contribution in [0.4, 0.5) is 0 Å². The lowest BCUT2D eigenvalue weighted by molar-refractivity contribution is 0.230. The van der Waals surface area contributed by atoms with Crippen molar-refractivity contribution in [3.05, 3.63) is 71.8 Å². The van der Waals surface area contributed by atoms with Gasteiger partial charge in [-0.2, -0.15) is 5.26 Å². The largest absolute Gasteiger partial charge is 0.395 e. The van der Waals surface area contributed by atoms with Crippen LogP contribution in [0.3, 0.4) is 0 Å². The van der Waals surface area contributed by atoms with Crippen molar-refractivity contribution in [2.24, 2.45) is 0 Å². The van der Waals surface area contributed by atoms with Crippen LogP contribution in [0.25, 0.3) is 0 Å². The molecule has 3 nitrogen and oxygen atoms in total. The Morgan fingerprint density at radius 3 is 2.19 bits per heavy atom. The highest BCUT2D eigenvalue weighted by Crippen LogP contribution is 2.17. The number of aliphatic hydroxyl groups is 1. The molecule has 2 atom stereocenters. The highest BCUT2D eigenvalue weighted by Gasteiger charge is 2.16. The summed E-state index contributed by atoms with van der Waals surface area (Å²) in [7, 11) is 0. The third kappa shape index (κ3) is 4.71. The summed E-state index contributed by atoms with van der Waals surface area (Å²) in [4.78, 5) is 0. The van der Waals surface area contributed by atoms with Crippen molar-refractivity contribution >= 4 is 0 Å². The molecule has 2 aromatic carbocycles. The van der Waals surface area contributed by atoms with Crippen molar-refractivity contribution in [2.75, 3.05) is 6.61 Å². The molecule has 2 N–H and O–H groups in total. The minimum atomic E-state index is -0.0639. The van der Waals surface area contributed by atoms with Gasteiger partial charge in [0.2, 0.25) is 0 Å². The van der Waals surface area contributed by atoms with Crippen LogP contribution in [-0.4, -0.2) is 17.8 Å². The van der Waals surface area contributed by atoms with Gasteiger partial charge in [-0.3, -0.25) is 0 Å². The van der Waals surface area contributed by atoms with E-state index in [-0.39, 0.29) is 18.7 Å². The number of hydrogen-bond donors (Lipinski definition) is 2. The monoisotopic (exact) mass is 280 g/mol. The van der Waals surface area contributed by atoms with Crippen molar-refractivity contribution in [1.82, 2.24) is 5.32 Å². The molecule has 21 heavy (non-hydrogen) atoms. The molecule has 0 radical (unpaired) electrons. The number of aliphatic hydroxyl groups excluding tert-OH is 1. The van der Waals surface area contributed by atoms with E-state index in [1.54, 1.807) is 0 Å². The molecule has 0 aliphatic carbocycles. The van der Waals surface area contributed by atoms with Crippen LogP contribution < -0.4 is 5.32 Å². The first-order valence-corrected chi connectivity index (χ1v) is 7.16. The Morgan fingerprint density at radius 2 is 1.62 bits per heavy atom. The third-order valence-electron chi connectivity index (χ3n) is 3.48. The maximum Gasteiger partial charge on any atom is 0.0641 e. The van der Waals surface area contributed by atoms with Crippen molar-refractivity contribution in [3.8, 4) is 6.07 Å². The predicted molar refractivity (Wildman–Crippen MR) is 83.6 cm³/mol. The van der Waals surface area contributed by atoms with Crippen molar-refractivity contribution in [3.63, 3.8) is 0 Å². The first-order chi connectivity index (χ1) is 10.3. The average molecular weight is 280 g/mol. The number of rotatable bonds is 7. The molecule has 0 saturated heterocycles. The number of nitriles is 1. The average Bonchev–Trinajstić information content (AvgIpc) is 2.55. The summed E-state index contributed by atoms with van der Waals surface area (Å²) in [6, 6.07) is 22.1. The Labute approximate surface area is 125 Å². The van der Waals surface area contributed by atoms with E-state index < -0.39 is 0 Å². The quantitative estimate of drug-likeness (QED) is 0.820. The van der Waals surface area contributed by atoms with Gasteiger partial charge in [0.15, 0.2) is 0 Å². The number of nitrogens with zero attached hydrogens (tertiary/aromatic N) is 1. The third-order valence-corrected chi connectivity index (χ3v) is 3.48. The molecule has 0 heterocycles. The van der Waals surface area contributed by atoms with Crippen molar-refractivity contribution < 1.29 is 5.11 Å². The van der Waals surface area contributed by atoms with Gasteiger partial charge in [0, 0.05) is 12.1 Å². The molecule has 2 rings (SSSR count). The summed E-state index contributed by atoms with van der Waals surface area (Å²) in [6.45, 7) is 0.0453. The Kier molecular flexibility index (Phi) is 5.96. The van der Waals surface area contributed by atoms with Crippen molar-refractivity contribution in [1.29, 1.82) is 5.26 Å². The van der Waals surface area contributed by atoms with Crippen LogP contribution in [0.2, 0.25) is 0 Å². The normalized spacial score (nSPS) is 13.3. The number of benzene rings is 2. The topological polar surface area (TPSA) is 56.0 Å². The molecular formula is C18H20N2O. The van der Waals surface area contributed by atoms with Gasteiger partial charge in [-0.25, -0.2) is 0 Å². The minimum absolute atomic E-state index is 0.0453. The summed E-state index contributed by atoms with van der Waals surface area (Å²) in [5.41, 5.74) is 2.25. The van der Waals surface area contributed by atoms with Crippen LogP contribution in [0.15, 0.2) is 60.7 Å². The maximum atomic E-state index is 9.61. The molecule has 0 amide bonds. The van der Waals surface area contributed by atoms with Gasteiger partial charge in [0.1, 0.15) is 0 Å². The SMILES string of the molecule is N#CCC(NC(CO)Cc1ccccc1)c1ccccc1. The van der Waals surface area contributed by atoms with E-state index >= 15 is 0 Å². The van der Waals surface area contributed by atoms with Gasteiger partial charge in [0.25, 0.3) is 0 Å². The zero-order valence-electron chi connectivity index (χ0n) is 11.9. The lowest BCUT2D eigenvalue weighted by atomic mass is 10.0.